The monoisotopic (exact) mass is 310 g/mol. The second-order valence-corrected chi connectivity index (χ2v) is 8.70. The van der Waals surface area contributed by atoms with Gasteiger partial charge in [-0.2, -0.15) is 25.3 Å². The van der Waals surface area contributed by atoms with Gasteiger partial charge in [0.05, 0.1) is 5.75 Å². The molecule has 0 aliphatic heterocycles. The van der Waals surface area contributed by atoms with Crippen molar-refractivity contribution in [2.45, 2.75) is 31.3 Å². The summed E-state index contributed by atoms with van der Waals surface area (Å²) in [6, 6.07) is 0. The van der Waals surface area contributed by atoms with Crippen LogP contribution in [0.15, 0.2) is 0 Å². The molecular formula is C6H14O8S3. The van der Waals surface area contributed by atoms with Crippen molar-refractivity contribution in [3.05, 3.63) is 0 Å². The number of hydrogen-bond donors (Lipinski definition) is 1. The third-order valence-electron chi connectivity index (χ3n) is 1.64. The second-order valence-electron chi connectivity index (χ2n) is 3.18. The highest BCUT2D eigenvalue weighted by molar-refractivity contribution is 8.08. The van der Waals surface area contributed by atoms with Crippen molar-refractivity contribution >= 4 is 30.4 Å². The molecule has 0 fully saturated rings. The summed E-state index contributed by atoms with van der Waals surface area (Å²) in [5.41, 5.74) is 0. The highest BCUT2D eigenvalue weighted by Crippen LogP contribution is 2.17. The first-order valence-electron chi connectivity index (χ1n) is 4.60. The van der Waals surface area contributed by atoms with Crippen LogP contribution in [0.4, 0.5) is 0 Å². The number of rotatable bonds is 7. The molecule has 0 aromatic carbocycles. The highest BCUT2D eigenvalue weighted by atomic mass is 32.3. The lowest BCUT2D eigenvalue weighted by molar-refractivity contribution is 0.446. The van der Waals surface area contributed by atoms with Gasteiger partial charge in [-0.15, -0.1) is 3.63 Å². The third-order valence-corrected chi connectivity index (χ3v) is 7.55. The molecule has 0 aliphatic rings. The molecule has 0 saturated heterocycles. The normalized spacial score (nSPS) is 15.7. The largest absolute Gasteiger partial charge is 0.301 e. The Labute approximate surface area is 101 Å². The van der Waals surface area contributed by atoms with E-state index in [2.05, 4.69) is 3.63 Å². The van der Waals surface area contributed by atoms with Crippen LogP contribution < -0.4 is 0 Å². The Kier molecular flexibility index (Phi) is 5.53. The Balaban J connectivity index is 5.31. The zero-order valence-electron chi connectivity index (χ0n) is 9.23. The van der Waals surface area contributed by atoms with E-state index in [0.717, 1.165) is 6.92 Å². The van der Waals surface area contributed by atoms with Crippen LogP contribution in [-0.4, -0.2) is 40.1 Å². The topological polar surface area (TPSA) is 132 Å². The van der Waals surface area contributed by atoms with E-state index in [1.54, 1.807) is 0 Å². The Bertz CT molecular complexity index is 540. The summed E-state index contributed by atoms with van der Waals surface area (Å²) in [7, 11) is -14.2. The van der Waals surface area contributed by atoms with Gasteiger partial charge in [0.15, 0.2) is 0 Å². The maximum absolute atomic E-state index is 11.4. The van der Waals surface area contributed by atoms with E-state index in [0.29, 0.717) is 0 Å². The lowest BCUT2D eigenvalue weighted by Gasteiger charge is -2.12. The lowest BCUT2D eigenvalue weighted by atomic mass is 10.6. The van der Waals surface area contributed by atoms with Crippen molar-refractivity contribution in [2.75, 3.05) is 5.75 Å². The van der Waals surface area contributed by atoms with E-state index in [9.17, 15) is 25.3 Å². The summed E-state index contributed by atoms with van der Waals surface area (Å²) in [4.78, 5) is 0. The zero-order valence-corrected chi connectivity index (χ0v) is 11.7. The first-order chi connectivity index (χ1) is 7.46. The Morgan fingerprint density at radius 1 is 1.06 bits per heavy atom. The third kappa shape index (κ3) is 5.29. The first kappa shape index (κ1) is 16.8. The summed E-state index contributed by atoms with van der Waals surface area (Å²) in [5.74, 6) is -0.561. The second kappa shape index (κ2) is 5.61. The van der Waals surface area contributed by atoms with E-state index in [1.165, 1.54) is 6.92 Å². The van der Waals surface area contributed by atoms with E-state index in [-0.39, 0.29) is 6.42 Å². The van der Waals surface area contributed by atoms with Crippen LogP contribution in [0.5, 0.6) is 0 Å². The smallest absolute Gasteiger partial charge is 0.284 e. The highest BCUT2D eigenvalue weighted by Gasteiger charge is 2.39. The first-order valence-corrected chi connectivity index (χ1v) is 9.15. The van der Waals surface area contributed by atoms with Crippen LogP contribution in [0, 0.1) is 0 Å². The summed E-state index contributed by atoms with van der Waals surface area (Å²) in [6.45, 7) is 2.64. The molecule has 0 aliphatic carbocycles. The minimum Gasteiger partial charge on any atom is -0.284 e. The van der Waals surface area contributed by atoms with Gasteiger partial charge in [0.25, 0.3) is 20.2 Å². The molecule has 0 heterocycles. The fourth-order valence-corrected chi connectivity index (χ4v) is 5.62. The molecule has 1 unspecified atom stereocenters. The maximum atomic E-state index is 11.4. The van der Waals surface area contributed by atoms with Crippen LogP contribution in [0.25, 0.3) is 0 Å². The van der Waals surface area contributed by atoms with Gasteiger partial charge in [-0.25, -0.2) is 0 Å². The summed E-state index contributed by atoms with van der Waals surface area (Å²) in [5, 5.41) is 0. The molecule has 0 saturated carbocycles. The SMILES string of the molecule is CCCS(=O)(=O)OS(=O)(=O)C(CC)S(=O)(=O)O. The van der Waals surface area contributed by atoms with Gasteiger partial charge in [0.1, 0.15) is 0 Å². The molecule has 0 aromatic heterocycles. The molecule has 0 rings (SSSR count). The average molecular weight is 310 g/mol. The van der Waals surface area contributed by atoms with Gasteiger partial charge in [-0.3, -0.25) is 4.55 Å². The summed E-state index contributed by atoms with van der Waals surface area (Å²) in [6.07, 6.45) is -0.413. The van der Waals surface area contributed by atoms with E-state index in [1.807, 2.05) is 0 Å². The molecule has 104 valence electrons. The van der Waals surface area contributed by atoms with Crippen molar-refractivity contribution in [2.24, 2.45) is 0 Å². The predicted molar refractivity (Wildman–Crippen MR) is 59.7 cm³/mol. The van der Waals surface area contributed by atoms with Crippen LogP contribution >= 0.6 is 0 Å². The fraction of sp³-hybridized carbons (Fsp3) is 1.00. The van der Waals surface area contributed by atoms with Crippen LogP contribution in [0.3, 0.4) is 0 Å². The van der Waals surface area contributed by atoms with Gasteiger partial charge in [-0.1, -0.05) is 13.8 Å². The Hall–Kier alpha value is -0.230. The summed E-state index contributed by atoms with van der Waals surface area (Å²) >= 11 is 0. The zero-order chi connectivity index (χ0) is 13.9. The Morgan fingerprint density at radius 3 is 1.82 bits per heavy atom. The molecule has 0 bridgehead atoms. The summed E-state index contributed by atoms with van der Waals surface area (Å²) < 4.78 is 76.7. The van der Waals surface area contributed by atoms with Gasteiger partial charge in [0, 0.05) is 0 Å². The van der Waals surface area contributed by atoms with Gasteiger partial charge < -0.3 is 0 Å². The minimum atomic E-state index is -4.94. The van der Waals surface area contributed by atoms with Crippen LogP contribution in [-0.2, 0) is 34.0 Å². The van der Waals surface area contributed by atoms with Crippen molar-refractivity contribution in [1.82, 2.24) is 0 Å². The van der Waals surface area contributed by atoms with Crippen molar-refractivity contribution in [3.8, 4) is 0 Å². The standard InChI is InChI=1S/C6H14O8S3/c1-3-5-15(7,8)14-17(12,13)6(4-2)16(9,10)11/h6H,3-5H2,1-2H3,(H,9,10,11). The van der Waals surface area contributed by atoms with Crippen molar-refractivity contribution in [3.63, 3.8) is 0 Å². The fourth-order valence-electron chi connectivity index (χ4n) is 1.04. The lowest BCUT2D eigenvalue weighted by Crippen LogP contribution is -2.33. The van der Waals surface area contributed by atoms with E-state index in [4.69, 9.17) is 4.55 Å². The molecule has 1 atom stereocenters. The molecular weight excluding hydrogens is 296 g/mol. The van der Waals surface area contributed by atoms with Crippen molar-refractivity contribution in [1.29, 1.82) is 0 Å². The molecule has 0 aromatic rings. The molecule has 8 nitrogen and oxygen atoms in total. The van der Waals surface area contributed by atoms with Crippen molar-refractivity contribution < 1.29 is 33.4 Å². The molecule has 0 spiro atoms. The maximum Gasteiger partial charge on any atom is 0.301 e. The quantitative estimate of drug-likeness (QED) is 0.634. The minimum absolute atomic E-state index is 0.112. The molecule has 0 amide bonds. The molecule has 17 heavy (non-hydrogen) atoms. The number of hydrogen-bond acceptors (Lipinski definition) is 7. The van der Waals surface area contributed by atoms with Gasteiger partial charge in [-0.05, 0) is 12.8 Å². The molecule has 11 heteroatoms. The van der Waals surface area contributed by atoms with Crippen LogP contribution in [0.1, 0.15) is 26.7 Å². The van der Waals surface area contributed by atoms with Crippen LogP contribution in [0.2, 0.25) is 0 Å². The van der Waals surface area contributed by atoms with E-state index < -0.39 is 47.1 Å². The van der Waals surface area contributed by atoms with Gasteiger partial charge in [0.2, 0.25) is 4.58 Å². The Morgan fingerprint density at radius 2 is 1.53 bits per heavy atom. The van der Waals surface area contributed by atoms with E-state index >= 15 is 0 Å². The predicted octanol–water partition coefficient (Wildman–Crippen LogP) is -0.303. The average Bonchev–Trinajstić information content (AvgIpc) is 1.97. The molecule has 1 N–H and O–H groups in total. The van der Waals surface area contributed by atoms with Gasteiger partial charge >= 0.3 is 10.1 Å². The molecule has 0 radical (unpaired) electrons.